The van der Waals surface area contributed by atoms with Crippen LogP contribution in [0, 0.1) is 9.39 Å². The number of hydrogen-bond donors (Lipinski definition) is 2. The van der Waals surface area contributed by atoms with E-state index in [4.69, 9.17) is 0 Å². The molecule has 122 valence electrons. The number of carbonyl (C=O) groups excluding carboxylic acids is 1. The van der Waals surface area contributed by atoms with Gasteiger partial charge in [-0.25, -0.2) is 4.39 Å². The van der Waals surface area contributed by atoms with Gasteiger partial charge in [-0.15, -0.1) is 0 Å². The molecule has 1 aromatic heterocycles. The summed E-state index contributed by atoms with van der Waals surface area (Å²) in [6, 6.07) is 5.63. The first-order valence-electron chi connectivity index (χ1n) is 6.27. The average molecular weight is 439 g/mol. The van der Waals surface area contributed by atoms with E-state index in [2.05, 4.69) is 10.3 Å². The van der Waals surface area contributed by atoms with Crippen molar-refractivity contribution in [2.45, 2.75) is 6.18 Å². The number of rotatable bonds is 4. The summed E-state index contributed by atoms with van der Waals surface area (Å²) in [5, 5.41) is 4.43. The van der Waals surface area contributed by atoms with E-state index in [-0.39, 0.29) is 16.9 Å². The predicted octanol–water partition coefficient (Wildman–Crippen LogP) is 3.86. The number of aromatic nitrogens is 1. The van der Waals surface area contributed by atoms with Crippen molar-refractivity contribution in [2.24, 2.45) is 0 Å². The molecule has 1 aromatic carbocycles. The van der Waals surface area contributed by atoms with Crippen molar-refractivity contribution in [3.05, 3.63) is 51.6 Å². The average Bonchev–Trinajstić information content (AvgIpc) is 2.47. The van der Waals surface area contributed by atoms with Gasteiger partial charge in [0.1, 0.15) is 12.4 Å². The van der Waals surface area contributed by atoms with E-state index in [9.17, 15) is 22.4 Å². The van der Waals surface area contributed by atoms with Gasteiger partial charge in [0.2, 0.25) is 0 Å². The molecule has 2 N–H and O–H groups in total. The molecule has 0 unspecified atom stereocenters. The Morgan fingerprint density at radius 2 is 1.96 bits per heavy atom. The topological polar surface area (TPSA) is 54.0 Å². The van der Waals surface area contributed by atoms with Gasteiger partial charge >= 0.3 is 6.18 Å². The number of anilines is 2. The number of benzene rings is 1. The van der Waals surface area contributed by atoms with Crippen LogP contribution in [0.2, 0.25) is 0 Å². The number of hydrogen-bond acceptors (Lipinski definition) is 3. The van der Waals surface area contributed by atoms with Crippen molar-refractivity contribution in [1.29, 1.82) is 0 Å². The van der Waals surface area contributed by atoms with E-state index in [1.54, 1.807) is 11.4 Å². The van der Waals surface area contributed by atoms with Gasteiger partial charge in [0, 0.05) is 9.77 Å². The molecule has 0 fully saturated rings. The maximum Gasteiger partial charge on any atom is 0.405 e. The molecule has 0 saturated heterocycles. The van der Waals surface area contributed by atoms with E-state index < -0.39 is 24.4 Å². The fourth-order valence-corrected chi connectivity index (χ4v) is 2.16. The summed E-state index contributed by atoms with van der Waals surface area (Å²) in [6.07, 6.45) is -2.02. The Hall–Kier alpha value is -1.91. The Balaban J connectivity index is 2.22. The largest absolute Gasteiger partial charge is 0.405 e. The lowest BCUT2D eigenvalue weighted by Crippen LogP contribution is -2.34. The van der Waals surface area contributed by atoms with Gasteiger partial charge in [-0.05, 0) is 46.9 Å². The second-order valence-electron chi connectivity index (χ2n) is 4.47. The fourth-order valence-electron chi connectivity index (χ4n) is 1.70. The summed E-state index contributed by atoms with van der Waals surface area (Å²) in [7, 11) is 0. The highest BCUT2D eigenvalue weighted by Gasteiger charge is 2.28. The number of pyridine rings is 1. The Morgan fingerprint density at radius 1 is 1.22 bits per heavy atom. The zero-order valence-corrected chi connectivity index (χ0v) is 13.6. The number of nitrogens with zero attached hydrogens (tertiary/aromatic N) is 1. The van der Waals surface area contributed by atoms with Crippen molar-refractivity contribution in [3.8, 4) is 0 Å². The lowest BCUT2D eigenvalue weighted by atomic mass is 10.2. The van der Waals surface area contributed by atoms with Gasteiger partial charge in [-0.3, -0.25) is 9.78 Å². The smallest absolute Gasteiger partial charge is 0.351 e. The summed E-state index contributed by atoms with van der Waals surface area (Å²) in [4.78, 5) is 15.7. The third-order valence-electron chi connectivity index (χ3n) is 2.72. The Bertz CT molecular complexity index is 721. The lowest BCUT2D eigenvalue weighted by molar-refractivity contribution is -0.123. The highest BCUT2D eigenvalue weighted by Crippen LogP contribution is 2.24. The molecule has 4 nitrogen and oxygen atoms in total. The van der Waals surface area contributed by atoms with Gasteiger partial charge in [0.15, 0.2) is 0 Å². The molecule has 2 rings (SSSR count). The minimum atomic E-state index is -4.52. The Morgan fingerprint density at radius 3 is 2.61 bits per heavy atom. The van der Waals surface area contributed by atoms with Crippen LogP contribution in [0.5, 0.6) is 0 Å². The van der Waals surface area contributed by atoms with E-state index >= 15 is 0 Å². The first kappa shape index (κ1) is 17.4. The van der Waals surface area contributed by atoms with Crippen molar-refractivity contribution >= 4 is 39.9 Å². The molecule has 0 spiro atoms. The lowest BCUT2D eigenvalue weighted by Gasteiger charge is -2.13. The van der Waals surface area contributed by atoms with E-state index in [0.717, 1.165) is 0 Å². The molecular formula is C14H10F4IN3O. The zero-order valence-electron chi connectivity index (χ0n) is 11.4. The van der Waals surface area contributed by atoms with Crippen LogP contribution in [0.15, 0.2) is 36.7 Å². The highest BCUT2D eigenvalue weighted by atomic mass is 127. The van der Waals surface area contributed by atoms with Crippen LogP contribution in [-0.2, 0) is 0 Å². The van der Waals surface area contributed by atoms with Crippen LogP contribution >= 0.6 is 22.6 Å². The minimum absolute atomic E-state index is 0.0674. The number of amides is 1. The van der Waals surface area contributed by atoms with Crippen molar-refractivity contribution in [2.75, 3.05) is 11.9 Å². The maximum absolute atomic E-state index is 13.8. The van der Waals surface area contributed by atoms with Gasteiger partial charge < -0.3 is 10.6 Å². The highest BCUT2D eigenvalue weighted by molar-refractivity contribution is 14.1. The zero-order chi connectivity index (χ0) is 17.0. The monoisotopic (exact) mass is 439 g/mol. The van der Waals surface area contributed by atoms with E-state index in [1.165, 1.54) is 30.6 Å². The summed E-state index contributed by atoms with van der Waals surface area (Å²) in [5.74, 6) is -1.49. The third kappa shape index (κ3) is 5.05. The van der Waals surface area contributed by atoms with Crippen LogP contribution in [0.4, 0.5) is 28.9 Å². The van der Waals surface area contributed by atoms with Crippen LogP contribution in [0.3, 0.4) is 0 Å². The van der Waals surface area contributed by atoms with Gasteiger partial charge in [-0.2, -0.15) is 13.2 Å². The summed E-state index contributed by atoms with van der Waals surface area (Å²) >= 11 is 1.94. The summed E-state index contributed by atoms with van der Waals surface area (Å²) < 4.78 is 51.0. The van der Waals surface area contributed by atoms with E-state index in [1.807, 2.05) is 22.6 Å². The van der Waals surface area contributed by atoms with Crippen LogP contribution in [0.1, 0.15) is 10.4 Å². The Kier molecular flexibility index (Phi) is 5.39. The normalized spacial score (nSPS) is 11.2. The minimum Gasteiger partial charge on any atom is -0.351 e. The molecule has 0 aliphatic carbocycles. The first-order chi connectivity index (χ1) is 10.8. The van der Waals surface area contributed by atoms with Crippen LogP contribution in [-0.4, -0.2) is 23.6 Å². The van der Waals surface area contributed by atoms with Crippen molar-refractivity contribution < 1.29 is 22.4 Å². The molecule has 2 aromatic rings. The molecule has 0 atom stereocenters. The van der Waals surface area contributed by atoms with Crippen LogP contribution < -0.4 is 10.6 Å². The molecule has 1 amide bonds. The molecule has 0 aliphatic heterocycles. The van der Waals surface area contributed by atoms with E-state index in [0.29, 0.717) is 3.57 Å². The summed E-state index contributed by atoms with van der Waals surface area (Å²) in [5.41, 5.74) is 0.123. The molecule has 0 radical (unpaired) electrons. The molecule has 0 aliphatic rings. The molecule has 23 heavy (non-hydrogen) atoms. The predicted molar refractivity (Wildman–Crippen MR) is 85.0 cm³/mol. The van der Waals surface area contributed by atoms with Gasteiger partial charge in [0.25, 0.3) is 5.91 Å². The van der Waals surface area contributed by atoms with Crippen molar-refractivity contribution in [1.82, 2.24) is 10.3 Å². The van der Waals surface area contributed by atoms with Gasteiger partial charge in [0.05, 0.1) is 23.1 Å². The first-order valence-corrected chi connectivity index (χ1v) is 7.35. The number of nitrogens with one attached hydrogen (secondary N) is 2. The quantitative estimate of drug-likeness (QED) is 0.562. The van der Waals surface area contributed by atoms with Crippen LogP contribution in [0.25, 0.3) is 0 Å². The molecule has 0 bridgehead atoms. The SMILES string of the molecule is O=C(NCC(F)(F)F)c1ccncc1Nc1ccc(I)cc1F. The fraction of sp³-hybridized carbons (Fsp3) is 0.143. The second kappa shape index (κ2) is 7.11. The standard InChI is InChI=1S/C14H10F4IN3O/c15-10-5-8(19)1-2-11(10)22-12-6-20-4-3-9(12)13(23)21-7-14(16,17)18/h1-6,22H,7H2,(H,21,23). The van der Waals surface area contributed by atoms with Gasteiger partial charge in [-0.1, -0.05) is 0 Å². The molecule has 1 heterocycles. The molecular weight excluding hydrogens is 429 g/mol. The number of halogens is 5. The maximum atomic E-state index is 13.8. The van der Waals surface area contributed by atoms with Crippen molar-refractivity contribution in [3.63, 3.8) is 0 Å². The second-order valence-corrected chi connectivity index (χ2v) is 5.71. The summed E-state index contributed by atoms with van der Waals surface area (Å²) in [6.45, 7) is -1.45. The number of alkyl halides is 3. The Labute approximate surface area is 142 Å². The molecule has 9 heteroatoms. The molecule has 0 saturated carbocycles. The third-order valence-corrected chi connectivity index (χ3v) is 3.39. The number of carbonyl (C=O) groups is 1.